The van der Waals surface area contributed by atoms with Crippen LogP contribution in [0.4, 0.5) is 0 Å². The van der Waals surface area contributed by atoms with Gasteiger partial charge >= 0.3 is 0 Å². The lowest BCUT2D eigenvalue weighted by Gasteiger charge is -2.07. The molecule has 0 saturated carbocycles. The molecule has 3 heteroatoms. The molecule has 84 valence electrons. The first kappa shape index (κ1) is 10.9. The van der Waals surface area contributed by atoms with Gasteiger partial charge in [-0.05, 0) is 55.6 Å². The van der Waals surface area contributed by atoms with Gasteiger partial charge in [-0.25, -0.2) is 4.68 Å². The second-order valence-electron chi connectivity index (χ2n) is 4.11. The lowest BCUT2D eigenvalue weighted by Crippen LogP contribution is -2.05. The molecule has 1 aromatic heterocycles. The minimum Gasteiger partial charge on any atom is -0.330 e. The first-order valence-corrected chi connectivity index (χ1v) is 5.52. The second-order valence-corrected chi connectivity index (χ2v) is 4.11. The highest BCUT2D eigenvalue weighted by atomic mass is 15.3. The first-order chi connectivity index (χ1) is 7.70. The highest BCUT2D eigenvalue weighted by Crippen LogP contribution is 2.15. The number of hydrogen-bond donors (Lipinski definition) is 1. The van der Waals surface area contributed by atoms with E-state index in [0.29, 0.717) is 6.54 Å². The molecule has 2 rings (SSSR count). The van der Waals surface area contributed by atoms with Crippen molar-refractivity contribution in [1.82, 2.24) is 9.78 Å². The fourth-order valence-corrected chi connectivity index (χ4v) is 1.81. The van der Waals surface area contributed by atoms with Crippen molar-refractivity contribution in [1.29, 1.82) is 0 Å². The van der Waals surface area contributed by atoms with E-state index < -0.39 is 0 Å². The normalized spacial score (nSPS) is 10.7. The van der Waals surface area contributed by atoms with Crippen LogP contribution in [0.25, 0.3) is 5.69 Å². The number of rotatable bonds is 3. The minimum absolute atomic E-state index is 0.696. The summed E-state index contributed by atoms with van der Waals surface area (Å²) in [5, 5.41) is 4.29. The third-order valence-corrected chi connectivity index (χ3v) is 2.72. The molecule has 0 amide bonds. The van der Waals surface area contributed by atoms with E-state index in [0.717, 1.165) is 12.1 Å². The zero-order valence-electron chi connectivity index (χ0n) is 9.77. The fraction of sp³-hybridized carbons (Fsp3) is 0.308. The molecule has 1 heterocycles. The molecule has 0 unspecified atom stereocenters. The third-order valence-electron chi connectivity index (χ3n) is 2.72. The van der Waals surface area contributed by atoms with E-state index in [2.05, 4.69) is 30.2 Å². The van der Waals surface area contributed by atoms with Crippen molar-refractivity contribution in [3.8, 4) is 5.69 Å². The van der Waals surface area contributed by atoms with Crippen LogP contribution in [0.15, 0.2) is 30.6 Å². The number of nitrogens with two attached hydrogens (primary N) is 1. The van der Waals surface area contributed by atoms with Crippen LogP contribution in [0.1, 0.15) is 16.7 Å². The van der Waals surface area contributed by atoms with Crippen LogP contribution in [0.3, 0.4) is 0 Å². The molecule has 0 bridgehead atoms. The Balaban J connectivity index is 2.34. The molecular formula is C13H17N3. The van der Waals surface area contributed by atoms with Crippen LogP contribution < -0.4 is 5.73 Å². The van der Waals surface area contributed by atoms with Gasteiger partial charge in [-0.2, -0.15) is 5.10 Å². The smallest absolute Gasteiger partial charge is 0.0648 e. The maximum Gasteiger partial charge on any atom is 0.0648 e. The maximum absolute atomic E-state index is 5.56. The monoisotopic (exact) mass is 215 g/mol. The van der Waals surface area contributed by atoms with Gasteiger partial charge in [0.25, 0.3) is 0 Å². The summed E-state index contributed by atoms with van der Waals surface area (Å²) in [6.45, 7) is 4.85. The Morgan fingerprint density at radius 3 is 2.69 bits per heavy atom. The number of aromatic nitrogens is 2. The van der Waals surface area contributed by atoms with E-state index in [9.17, 15) is 0 Å². The summed E-state index contributed by atoms with van der Waals surface area (Å²) in [5.74, 6) is 0. The summed E-state index contributed by atoms with van der Waals surface area (Å²) < 4.78 is 1.90. The van der Waals surface area contributed by atoms with E-state index in [4.69, 9.17) is 5.73 Å². The molecule has 0 spiro atoms. The molecule has 0 atom stereocenters. The van der Waals surface area contributed by atoms with E-state index in [1.165, 1.54) is 16.7 Å². The molecule has 0 fully saturated rings. The van der Waals surface area contributed by atoms with Gasteiger partial charge in [0.1, 0.15) is 0 Å². The molecule has 0 aliphatic rings. The molecule has 3 nitrogen and oxygen atoms in total. The minimum atomic E-state index is 0.696. The van der Waals surface area contributed by atoms with Crippen molar-refractivity contribution in [2.75, 3.05) is 6.54 Å². The molecule has 0 aliphatic heterocycles. The van der Waals surface area contributed by atoms with E-state index in [1.807, 2.05) is 24.0 Å². The molecule has 16 heavy (non-hydrogen) atoms. The van der Waals surface area contributed by atoms with Crippen LogP contribution in [0.2, 0.25) is 0 Å². The second kappa shape index (κ2) is 4.49. The Hall–Kier alpha value is -1.61. The predicted molar refractivity (Wildman–Crippen MR) is 65.8 cm³/mol. The molecule has 2 N–H and O–H groups in total. The lowest BCUT2D eigenvalue weighted by molar-refractivity contribution is 0.874. The Labute approximate surface area is 95.9 Å². The Bertz CT molecular complexity index is 486. The summed E-state index contributed by atoms with van der Waals surface area (Å²) >= 11 is 0. The van der Waals surface area contributed by atoms with Gasteiger partial charge < -0.3 is 5.73 Å². The van der Waals surface area contributed by atoms with Crippen molar-refractivity contribution in [3.63, 3.8) is 0 Å². The molecular weight excluding hydrogens is 198 g/mol. The van der Waals surface area contributed by atoms with Gasteiger partial charge in [-0.15, -0.1) is 0 Å². The average molecular weight is 215 g/mol. The van der Waals surface area contributed by atoms with E-state index in [1.54, 1.807) is 0 Å². The summed E-state index contributed by atoms with van der Waals surface area (Å²) in [6, 6.07) is 6.37. The summed E-state index contributed by atoms with van der Waals surface area (Å²) in [6.07, 6.45) is 4.82. The van der Waals surface area contributed by atoms with Gasteiger partial charge in [-0.3, -0.25) is 0 Å². The van der Waals surface area contributed by atoms with Gasteiger partial charge in [-0.1, -0.05) is 6.07 Å². The molecule has 1 aromatic carbocycles. The van der Waals surface area contributed by atoms with Gasteiger partial charge in [0.15, 0.2) is 0 Å². The van der Waals surface area contributed by atoms with E-state index in [-0.39, 0.29) is 0 Å². The van der Waals surface area contributed by atoms with Crippen molar-refractivity contribution >= 4 is 0 Å². The molecule has 0 saturated heterocycles. The number of benzene rings is 1. The fourth-order valence-electron chi connectivity index (χ4n) is 1.81. The Kier molecular flexibility index (Phi) is 3.06. The van der Waals surface area contributed by atoms with Crippen LogP contribution in [0.5, 0.6) is 0 Å². The van der Waals surface area contributed by atoms with Crippen LogP contribution in [-0.4, -0.2) is 16.3 Å². The van der Waals surface area contributed by atoms with Crippen LogP contribution in [-0.2, 0) is 6.42 Å². The standard InChI is InChI=1S/C13H17N3/c1-10-8-15-16(9-10)13-4-3-12(5-6-14)11(2)7-13/h3-4,7-9H,5-6,14H2,1-2H3. The average Bonchev–Trinajstić information content (AvgIpc) is 2.68. The maximum atomic E-state index is 5.56. The summed E-state index contributed by atoms with van der Waals surface area (Å²) in [5.41, 5.74) is 10.4. The highest BCUT2D eigenvalue weighted by molar-refractivity contribution is 5.40. The first-order valence-electron chi connectivity index (χ1n) is 5.52. The predicted octanol–water partition coefficient (Wildman–Crippen LogP) is 1.99. The van der Waals surface area contributed by atoms with Crippen molar-refractivity contribution < 1.29 is 0 Å². The van der Waals surface area contributed by atoms with E-state index >= 15 is 0 Å². The van der Waals surface area contributed by atoms with Gasteiger partial charge in [0.2, 0.25) is 0 Å². The van der Waals surface area contributed by atoms with Crippen LogP contribution >= 0.6 is 0 Å². The van der Waals surface area contributed by atoms with Crippen molar-refractivity contribution in [2.24, 2.45) is 5.73 Å². The summed E-state index contributed by atoms with van der Waals surface area (Å²) in [4.78, 5) is 0. The van der Waals surface area contributed by atoms with Crippen LogP contribution in [0, 0.1) is 13.8 Å². The number of hydrogen-bond acceptors (Lipinski definition) is 2. The zero-order valence-corrected chi connectivity index (χ0v) is 9.77. The Morgan fingerprint density at radius 2 is 2.12 bits per heavy atom. The van der Waals surface area contributed by atoms with Crippen molar-refractivity contribution in [3.05, 3.63) is 47.3 Å². The topological polar surface area (TPSA) is 43.8 Å². The highest BCUT2D eigenvalue weighted by Gasteiger charge is 2.02. The zero-order chi connectivity index (χ0) is 11.5. The van der Waals surface area contributed by atoms with Crippen molar-refractivity contribution in [2.45, 2.75) is 20.3 Å². The quantitative estimate of drug-likeness (QED) is 0.851. The largest absolute Gasteiger partial charge is 0.330 e. The lowest BCUT2D eigenvalue weighted by atomic mass is 10.1. The van der Waals surface area contributed by atoms with Gasteiger partial charge in [0.05, 0.1) is 11.9 Å². The molecule has 0 aliphatic carbocycles. The molecule has 0 radical (unpaired) electrons. The van der Waals surface area contributed by atoms with Gasteiger partial charge in [0, 0.05) is 6.20 Å². The third kappa shape index (κ3) is 2.14. The number of nitrogens with zero attached hydrogens (tertiary/aromatic N) is 2. The Morgan fingerprint density at radius 1 is 1.31 bits per heavy atom. The number of aryl methyl sites for hydroxylation is 2. The summed E-state index contributed by atoms with van der Waals surface area (Å²) in [7, 11) is 0. The molecule has 2 aromatic rings. The SMILES string of the molecule is Cc1cnn(-c2ccc(CCN)c(C)c2)c1.